The molecule has 5 rings (SSSR count). The Bertz CT molecular complexity index is 1380. The van der Waals surface area contributed by atoms with E-state index in [2.05, 4.69) is 39.3 Å². The van der Waals surface area contributed by atoms with Gasteiger partial charge in [0.1, 0.15) is 16.9 Å². The van der Waals surface area contributed by atoms with Crippen LogP contribution in [0.1, 0.15) is 45.7 Å². The topological polar surface area (TPSA) is 98.0 Å². The van der Waals surface area contributed by atoms with Gasteiger partial charge in [0.05, 0.1) is 12.1 Å². The second-order valence-corrected chi connectivity index (χ2v) is 9.37. The number of rotatable bonds is 4. The van der Waals surface area contributed by atoms with Crippen LogP contribution >= 0.6 is 22.9 Å². The molecular weight excluding hydrogens is 458 g/mol. The Hall–Kier alpha value is -3.43. The maximum atomic E-state index is 12.9. The van der Waals surface area contributed by atoms with Gasteiger partial charge >= 0.3 is 0 Å². The first-order valence-electron chi connectivity index (χ1n) is 10.4. The molecule has 1 unspecified atom stereocenters. The number of nitrogens with zero attached hydrogens (tertiary/aromatic N) is 6. The molecule has 0 bridgehead atoms. The van der Waals surface area contributed by atoms with E-state index in [0.29, 0.717) is 10.8 Å². The van der Waals surface area contributed by atoms with Gasteiger partial charge in [-0.15, -0.1) is 21.5 Å². The van der Waals surface area contributed by atoms with Crippen LogP contribution < -0.4 is 5.32 Å². The number of aromatic nitrogens is 5. The van der Waals surface area contributed by atoms with E-state index in [-0.39, 0.29) is 18.3 Å². The lowest BCUT2D eigenvalue weighted by Crippen LogP contribution is -2.18. The number of thiophene rings is 1. The highest BCUT2D eigenvalue weighted by molar-refractivity contribution is 7.15. The number of nitrogens with one attached hydrogen (secondary N) is 1. The summed E-state index contributed by atoms with van der Waals surface area (Å²) < 4.78 is 2.02. The Morgan fingerprint density at radius 3 is 2.58 bits per heavy atom. The van der Waals surface area contributed by atoms with E-state index < -0.39 is 6.04 Å². The first-order valence-corrected chi connectivity index (χ1v) is 11.5. The molecular formula is C23H20ClN7OS. The molecule has 166 valence electrons. The molecule has 4 aromatic rings. The summed E-state index contributed by atoms with van der Waals surface area (Å²) in [6, 6.07) is 8.74. The maximum absolute atomic E-state index is 12.9. The lowest BCUT2D eigenvalue weighted by Gasteiger charge is -2.12. The third-order valence-corrected chi connectivity index (χ3v) is 7.00. The fraction of sp³-hybridized carbons (Fsp3) is 0.217. The zero-order chi connectivity index (χ0) is 23.1. The van der Waals surface area contributed by atoms with Gasteiger partial charge in [-0.25, -0.2) is 9.97 Å². The number of hydrogen-bond donors (Lipinski definition) is 1. The lowest BCUT2D eigenvalue weighted by molar-refractivity contribution is -0.116. The smallest absolute Gasteiger partial charge is 0.229 e. The molecule has 0 aliphatic carbocycles. The Morgan fingerprint density at radius 2 is 1.85 bits per heavy atom. The minimum atomic E-state index is -0.542. The molecule has 1 atom stereocenters. The minimum Gasteiger partial charge on any atom is -0.294 e. The van der Waals surface area contributed by atoms with E-state index in [4.69, 9.17) is 16.6 Å². The van der Waals surface area contributed by atoms with Gasteiger partial charge in [0.15, 0.2) is 5.82 Å². The van der Waals surface area contributed by atoms with E-state index >= 15 is 0 Å². The molecule has 0 spiro atoms. The third kappa shape index (κ3) is 3.94. The predicted octanol–water partition coefficient (Wildman–Crippen LogP) is 4.62. The molecule has 4 heterocycles. The second-order valence-electron chi connectivity index (χ2n) is 7.73. The van der Waals surface area contributed by atoms with Crippen molar-refractivity contribution in [3.05, 3.63) is 81.0 Å². The summed E-state index contributed by atoms with van der Waals surface area (Å²) >= 11 is 7.82. The van der Waals surface area contributed by atoms with Crippen LogP contribution in [0.2, 0.25) is 5.02 Å². The number of carbonyl (C=O) groups excluding carboxylic acids is 1. The number of aliphatic imine (C=N–C) groups is 1. The van der Waals surface area contributed by atoms with Crippen molar-refractivity contribution in [2.24, 2.45) is 4.99 Å². The second kappa shape index (κ2) is 8.49. The first-order chi connectivity index (χ1) is 15.9. The maximum Gasteiger partial charge on any atom is 0.229 e. The van der Waals surface area contributed by atoms with Crippen LogP contribution in [0, 0.1) is 20.8 Å². The van der Waals surface area contributed by atoms with Gasteiger partial charge < -0.3 is 0 Å². The Labute approximate surface area is 199 Å². The predicted molar refractivity (Wildman–Crippen MR) is 129 cm³/mol. The first kappa shape index (κ1) is 21.4. The third-order valence-electron chi connectivity index (χ3n) is 5.55. The van der Waals surface area contributed by atoms with E-state index in [1.165, 1.54) is 4.88 Å². The van der Waals surface area contributed by atoms with Crippen molar-refractivity contribution in [2.45, 2.75) is 33.2 Å². The molecule has 1 amide bonds. The van der Waals surface area contributed by atoms with E-state index in [9.17, 15) is 4.79 Å². The average molecular weight is 478 g/mol. The molecule has 33 heavy (non-hydrogen) atoms. The van der Waals surface area contributed by atoms with Crippen molar-refractivity contribution in [1.29, 1.82) is 0 Å². The van der Waals surface area contributed by atoms with Crippen molar-refractivity contribution in [3.8, 4) is 5.00 Å². The van der Waals surface area contributed by atoms with Crippen LogP contribution in [-0.2, 0) is 4.79 Å². The van der Waals surface area contributed by atoms with Crippen molar-refractivity contribution in [1.82, 2.24) is 24.7 Å². The van der Waals surface area contributed by atoms with E-state index in [0.717, 1.165) is 33.2 Å². The molecule has 1 aliphatic heterocycles. The number of amides is 1. The number of benzene rings is 1. The van der Waals surface area contributed by atoms with Gasteiger partial charge in [-0.05, 0) is 44.5 Å². The number of hydrogen-bond acceptors (Lipinski definition) is 7. The molecule has 1 aliphatic rings. The zero-order valence-corrected chi connectivity index (χ0v) is 19.8. The normalized spacial score (nSPS) is 14.8. The summed E-state index contributed by atoms with van der Waals surface area (Å²) in [6.45, 7) is 6.10. The van der Waals surface area contributed by atoms with Gasteiger partial charge in [0.2, 0.25) is 11.9 Å². The molecule has 1 aromatic carbocycles. The van der Waals surface area contributed by atoms with Crippen LogP contribution in [-0.4, -0.2) is 36.4 Å². The molecule has 10 heteroatoms. The Kier molecular flexibility index (Phi) is 5.51. The quantitative estimate of drug-likeness (QED) is 0.462. The average Bonchev–Trinajstić information content (AvgIpc) is 3.27. The fourth-order valence-electron chi connectivity index (χ4n) is 3.85. The van der Waals surface area contributed by atoms with Crippen molar-refractivity contribution >= 4 is 40.5 Å². The monoisotopic (exact) mass is 477 g/mol. The number of halogens is 1. The Morgan fingerprint density at radius 1 is 1.12 bits per heavy atom. The van der Waals surface area contributed by atoms with Crippen LogP contribution in [0.25, 0.3) is 5.00 Å². The van der Waals surface area contributed by atoms with Crippen LogP contribution in [0.15, 0.2) is 47.7 Å². The summed E-state index contributed by atoms with van der Waals surface area (Å²) in [5.74, 6) is 1.37. The van der Waals surface area contributed by atoms with Crippen molar-refractivity contribution < 1.29 is 4.79 Å². The summed E-state index contributed by atoms with van der Waals surface area (Å²) in [6.07, 6.45) is 3.23. The van der Waals surface area contributed by atoms with Gasteiger partial charge in [-0.3, -0.25) is 19.7 Å². The molecule has 8 nitrogen and oxygen atoms in total. The zero-order valence-electron chi connectivity index (χ0n) is 18.2. The summed E-state index contributed by atoms with van der Waals surface area (Å²) in [4.78, 5) is 27.3. The minimum absolute atomic E-state index is 0.0699. The highest BCUT2D eigenvalue weighted by atomic mass is 35.5. The molecule has 0 fully saturated rings. The highest BCUT2D eigenvalue weighted by Crippen LogP contribution is 2.39. The van der Waals surface area contributed by atoms with Gasteiger partial charge in [-0.1, -0.05) is 23.7 Å². The Balaban J connectivity index is 1.64. The molecule has 0 radical (unpaired) electrons. The van der Waals surface area contributed by atoms with Crippen LogP contribution in [0.5, 0.6) is 0 Å². The largest absolute Gasteiger partial charge is 0.294 e. The standard InChI is InChI=1S/C23H20ClN7OS/c1-12-13(2)33-22-19(12)20(15-5-7-16(24)8-6-15)27-17(21-30-29-14(3)31(21)22)11-18(32)28-23-25-9-4-10-26-23/h4-10,17H,11H2,1-3H3,(H,25,26,28,32). The highest BCUT2D eigenvalue weighted by Gasteiger charge is 2.32. The van der Waals surface area contributed by atoms with Gasteiger partial charge in [0, 0.05) is 33.4 Å². The van der Waals surface area contributed by atoms with Gasteiger partial charge in [-0.2, -0.15) is 0 Å². The van der Waals surface area contributed by atoms with Gasteiger partial charge in [0.25, 0.3) is 0 Å². The van der Waals surface area contributed by atoms with Crippen molar-refractivity contribution in [3.63, 3.8) is 0 Å². The van der Waals surface area contributed by atoms with Crippen LogP contribution in [0.3, 0.4) is 0 Å². The van der Waals surface area contributed by atoms with E-state index in [1.807, 2.05) is 35.8 Å². The summed E-state index contributed by atoms with van der Waals surface area (Å²) in [5.41, 5.74) is 3.90. The SMILES string of the molecule is Cc1sc2c(c1C)C(c1ccc(Cl)cc1)=NC(CC(=O)Nc1ncccn1)c1nnc(C)n1-2. The lowest BCUT2D eigenvalue weighted by atomic mass is 9.99. The molecule has 0 saturated carbocycles. The molecule has 0 saturated heterocycles. The molecule has 3 aromatic heterocycles. The number of carbonyl (C=O) groups is 1. The number of fused-ring (bicyclic) bond motifs is 3. The number of anilines is 1. The van der Waals surface area contributed by atoms with E-state index in [1.54, 1.807) is 29.8 Å². The van der Waals surface area contributed by atoms with Crippen molar-refractivity contribution in [2.75, 3.05) is 5.32 Å². The summed E-state index contributed by atoms with van der Waals surface area (Å²) in [5, 5.41) is 13.1. The molecule has 1 N–H and O–H groups in total. The van der Waals surface area contributed by atoms with Crippen LogP contribution in [0.4, 0.5) is 5.95 Å². The summed E-state index contributed by atoms with van der Waals surface area (Å²) in [7, 11) is 0. The fourth-order valence-corrected chi connectivity index (χ4v) is 5.19. The number of aryl methyl sites for hydroxylation is 2.